The number of carboxylic acid groups (broad SMARTS) is 1. The molecular weight excluding hydrogens is 156 g/mol. The zero-order valence-corrected chi connectivity index (χ0v) is 7.24. The molecule has 0 amide bonds. The molecule has 0 saturated heterocycles. The molecule has 0 fully saturated rings. The second-order valence-electron chi connectivity index (χ2n) is 2.68. The van der Waals surface area contributed by atoms with Crippen molar-refractivity contribution in [1.82, 2.24) is 9.78 Å². The summed E-state index contributed by atoms with van der Waals surface area (Å²) in [5, 5.41) is 12.6. The molecule has 4 heteroatoms. The molecule has 0 aliphatic rings. The Labute approximate surface area is 70.8 Å². The summed E-state index contributed by atoms with van der Waals surface area (Å²) < 4.78 is 1.62. The van der Waals surface area contributed by atoms with Crippen LogP contribution in [0.2, 0.25) is 0 Å². The largest absolute Gasteiger partial charge is 0.478 e. The van der Waals surface area contributed by atoms with Gasteiger partial charge >= 0.3 is 5.97 Å². The summed E-state index contributed by atoms with van der Waals surface area (Å²) in [7, 11) is 1.76. The first-order valence-corrected chi connectivity index (χ1v) is 3.91. The van der Waals surface area contributed by atoms with Crippen LogP contribution in [-0.2, 0) is 13.5 Å². The van der Waals surface area contributed by atoms with Crippen LogP contribution in [0.5, 0.6) is 0 Å². The number of carboxylic acids is 1. The average molecular weight is 168 g/mol. The minimum atomic E-state index is -0.897. The molecule has 0 atom stereocenters. The standard InChI is InChI=1S/C8H12N2O2/c1-3-4-7-6(8(11)12)5-9-10(7)2/h5H,3-4H2,1-2H3,(H,11,12). The van der Waals surface area contributed by atoms with Crippen LogP contribution in [-0.4, -0.2) is 20.9 Å². The van der Waals surface area contributed by atoms with E-state index in [0.717, 1.165) is 18.5 Å². The lowest BCUT2D eigenvalue weighted by Crippen LogP contribution is -2.04. The third kappa shape index (κ3) is 1.47. The molecule has 0 bridgehead atoms. The Kier molecular flexibility index (Phi) is 2.47. The van der Waals surface area contributed by atoms with Gasteiger partial charge in [0.2, 0.25) is 0 Å². The summed E-state index contributed by atoms with van der Waals surface area (Å²) in [5.41, 5.74) is 1.12. The molecule has 0 spiro atoms. The van der Waals surface area contributed by atoms with E-state index in [4.69, 9.17) is 5.11 Å². The van der Waals surface area contributed by atoms with Gasteiger partial charge in [-0.15, -0.1) is 0 Å². The maximum Gasteiger partial charge on any atom is 0.339 e. The lowest BCUT2D eigenvalue weighted by molar-refractivity contribution is 0.0695. The summed E-state index contributed by atoms with van der Waals surface area (Å²) in [6.45, 7) is 2.01. The van der Waals surface area contributed by atoms with Crippen LogP contribution in [0.4, 0.5) is 0 Å². The molecule has 0 unspecified atom stereocenters. The van der Waals surface area contributed by atoms with Gasteiger partial charge in [0.05, 0.1) is 11.9 Å². The van der Waals surface area contributed by atoms with Gasteiger partial charge in [0.25, 0.3) is 0 Å². The topological polar surface area (TPSA) is 55.1 Å². The van der Waals surface area contributed by atoms with Crippen molar-refractivity contribution in [2.45, 2.75) is 19.8 Å². The minimum Gasteiger partial charge on any atom is -0.478 e. The molecule has 0 aliphatic carbocycles. The van der Waals surface area contributed by atoms with Gasteiger partial charge in [0.15, 0.2) is 0 Å². The zero-order valence-electron chi connectivity index (χ0n) is 7.24. The van der Waals surface area contributed by atoms with Crippen molar-refractivity contribution >= 4 is 5.97 Å². The molecular formula is C8H12N2O2. The predicted octanol–water partition coefficient (Wildman–Crippen LogP) is 1.07. The molecule has 12 heavy (non-hydrogen) atoms. The number of hydrogen-bond acceptors (Lipinski definition) is 2. The first-order valence-electron chi connectivity index (χ1n) is 3.91. The summed E-state index contributed by atoms with van der Waals surface area (Å²) in [4.78, 5) is 10.7. The van der Waals surface area contributed by atoms with E-state index < -0.39 is 5.97 Å². The number of aryl methyl sites for hydroxylation is 1. The Morgan fingerprint density at radius 2 is 2.42 bits per heavy atom. The summed E-state index contributed by atoms with van der Waals surface area (Å²) in [5.74, 6) is -0.897. The maximum atomic E-state index is 10.7. The Morgan fingerprint density at radius 3 is 2.92 bits per heavy atom. The van der Waals surface area contributed by atoms with Crippen LogP contribution in [0.1, 0.15) is 29.4 Å². The van der Waals surface area contributed by atoms with E-state index in [-0.39, 0.29) is 0 Å². The van der Waals surface area contributed by atoms with Crippen molar-refractivity contribution in [3.05, 3.63) is 17.5 Å². The van der Waals surface area contributed by atoms with E-state index in [1.165, 1.54) is 6.20 Å². The van der Waals surface area contributed by atoms with Gasteiger partial charge in [0, 0.05) is 7.05 Å². The van der Waals surface area contributed by atoms with E-state index in [9.17, 15) is 4.79 Å². The number of nitrogens with zero attached hydrogens (tertiary/aromatic N) is 2. The van der Waals surface area contributed by atoms with Crippen molar-refractivity contribution < 1.29 is 9.90 Å². The summed E-state index contributed by atoms with van der Waals surface area (Å²) >= 11 is 0. The third-order valence-electron chi connectivity index (χ3n) is 1.78. The fourth-order valence-electron chi connectivity index (χ4n) is 1.17. The summed E-state index contributed by atoms with van der Waals surface area (Å²) in [6.07, 6.45) is 3.09. The zero-order chi connectivity index (χ0) is 9.14. The molecule has 1 N–H and O–H groups in total. The highest BCUT2D eigenvalue weighted by atomic mass is 16.4. The van der Waals surface area contributed by atoms with Crippen LogP contribution < -0.4 is 0 Å². The highest BCUT2D eigenvalue weighted by Gasteiger charge is 2.13. The lowest BCUT2D eigenvalue weighted by Gasteiger charge is -2.00. The van der Waals surface area contributed by atoms with Gasteiger partial charge in [-0.1, -0.05) is 13.3 Å². The Bertz CT molecular complexity index is 291. The molecule has 1 heterocycles. The Balaban J connectivity index is 3.03. The molecule has 4 nitrogen and oxygen atoms in total. The minimum absolute atomic E-state index is 0.319. The van der Waals surface area contributed by atoms with Gasteiger partial charge in [-0.2, -0.15) is 5.10 Å². The van der Waals surface area contributed by atoms with Crippen LogP contribution >= 0.6 is 0 Å². The third-order valence-corrected chi connectivity index (χ3v) is 1.78. The van der Waals surface area contributed by atoms with Crippen LogP contribution in [0.3, 0.4) is 0 Å². The van der Waals surface area contributed by atoms with Gasteiger partial charge < -0.3 is 5.11 Å². The predicted molar refractivity (Wildman–Crippen MR) is 44.2 cm³/mol. The molecule has 0 radical (unpaired) electrons. The molecule has 1 rings (SSSR count). The first-order chi connectivity index (χ1) is 5.66. The van der Waals surface area contributed by atoms with E-state index in [1.54, 1.807) is 11.7 Å². The van der Waals surface area contributed by atoms with E-state index in [2.05, 4.69) is 5.10 Å². The number of carbonyl (C=O) groups is 1. The number of hydrogen-bond donors (Lipinski definition) is 1. The highest BCUT2D eigenvalue weighted by Crippen LogP contribution is 2.09. The fourth-order valence-corrected chi connectivity index (χ4v) is 1.17. The fraction of sp³-hybridized carbons (Fsp3) is 0.500. The van der Waals surface area contributed by atoms with Gasteiger partial charge in [0.1, 0.15) is 5.56 Å². The van der Waals surface area contributed by atoms with E-state index in [1.807, 2.05) is 6.92 Å². The normalized spacial score (nSPS) is 10.2. The summed E-state index contributed by atoms with van der Waals surface area (Å²) in [6, 6.07) is 0. The number of aromatic carboxylic acids is 1. The van der Waals surface area contributed by atoms with Gasteiger partial charge in [-0.25, -0.2) is 4.79 Å². The number of rotatable bonds is 3. The van der Waals surface area contributed by atoms with Gasteiger partial charge in [-0.05, 0) is 6.42 Å². The van der Waals surface area contributed by atoms with Crippen molar-refractivity contribution in [1.29, 1.82) is 0 Å². The lowest BCUT2D eigenvalue weighted by atomic mass is 10.1. The SMILES string of the molecule is CCCc1c(C(=O)O)cnn1C. The maximum absolute atomic E-state index is 10.7. The van der Waals surface area contributed by atoms with E-state index >= 15 is 0 Å². The number of aromatic nitrogens is 2. The quantitative estimate of drug-likeness (QED) is 0.734. The van der Waals surface area contributed by atoms with Crippen LogP contribution in [0, 0.1) is 0 Å². The van der Waals surface area contributed by atoms with Crippen molar-refractivity contribution in [3.8, 4) is 0 Å². The van der Waals surface area contributed by atoms with Crippen LogP contribution in [0.25, 0.3) is 0 Å². The van der Waals surface area contributed by atoms with Crippen molar-refractivity contribution in [3.63, 3.8) is 0 Å². The Hall–Kier alpha value is -1.32. The first kappa shape index (κ1) is 8.77. The Morgan fingerprint density at radius 1 is 1.75 bits per heavy atom. The van der Waals surface area contributed by atoms with Crippen molar-refractivity contribution in [2.24, 2.45) is 7.05 Å². The molecule has 0 saturated carbocycles. The molecule has 66 valence electrons. The van der Waals surface area contributed by atoms with Crippen molar-refractivity contribution in [2.75, 3.05) is 0 Å². The molecule has 1 aromatic heterocycles. The molecule has 1 aromatic rings. The van der Waals surface area contributed by atoms with E-state index in [0.29, 0.717) is 5.56 Å². The molecule has 0 aliphatic heterocycles. The highest BCUT2D eigenvalue weighted by molar-refractivity contribution is 5.88. The second kappa shape index (κ2) is 3.38. The average Bonchev–Trinajstić information content (AvgIpc) is 2.34. The molecule has 0 aromatic carbocycles. The second-order valence-corrected chi connectivity index (χ2v) is 2.68. The smallest absolute Gasteiger partial charge is 0.339 e. The van der Waals surface area contributed by atoms with Gasteiger partial charge in [-0.3, -0.25) is 4.68 Å². The van der Waals surface area contributed by atoms with Crippen LogP contribution in [0.15, 0.2) is 6.20 Å². The monoisotopic (exact) mass is 168 g/mol.